The predicted octanol–water partition coefficient (Wildman–Crippen LogP) is 4.78. The van der Waals surface area contributed by atoms with Crippen LogP contribution in [0, 0.1) is 0 Å². The van der Waals surface area contributed by atoms with Gasteiger partial charge in [-0.25, -0.2) is 18.1 Å². The summed E-state index contributed by atoms with van der Waals surface area (Å²) in [5.41, 5.74) is 1.94. The van der Waals surface area contributed by atoms with E-state index in [4.69, 9.17) is 0 Å². The number of sulfonamides is 1. The highest BCUT2D eigenvalue weighted by Crippen LogP contribution is 2.33. The monoisotopic (exact) mass is 384 g/mol. The second-order valence-corrected chi connectivity index (χ2v) is 11.1. The molecule has 0 spiro atoms. The average molecular weight is 385 g/mol. The number of thiophene rings is 1. The first-order valence-electron chi connectivity index (χ1n) is 8.33. The van der Waals surface area contributed by atoms with Gasteiger partial charge >= 0.3 is 0 Å². The Kier molecular flexibility index (Phi) is 5.16. The molecule has 7 heteroatoms. The fourth-order valence-electron chi connectivity index (χ4n) is 2.82. The molecule has 1 aliphatic rings. The van der Waals surface area contributed by atoms with Crippen LogP contribution in [0.5, 0.6) is 0 Å². The van der Waals surface area contributed by atoms with Crippen LogP contribution in [-0.4, -0.2) is 19.4 Å². The maximum Gasteiger partial charge on any atom is 0.250 e. The van der Waals surface area contributed by atoms with Crippen LogP contribution < -0.4 is 4.72 Å². The second-order valence-electron chi connectivity index (χ2n) is 7.40. The van der Waals surface area contributed by atoms with Gasteiger partial charge in [0.1, 0.15) is 9.22 Å². The van der Waals surface area contributed by atoms with E-state index in [9.17, 15) is 8.42 Å². The van der Waals surface area contributed by atoms with Crippen molar-refractivity contribution in [3.8, 4) is 10.6 Å². The largest absolute Gasteiger partial charge is 0.250 e. The van der Waals surface area contributed by atoms with E-state index in [0.717, 1.165) is 41.9 Å². The number of hydrogen-bond donors (Lipinski definition) is 1. The van der Waals surface area contributed by atoms with Crippen molar-refractivity contribution >= 4 is 32.7 Å². The van der Waals surface area contributed by atoms with Crippen LogP contribution in [0.4, 0.5) is 0 Å². The van der Waals surface area contributed by atoms with Crippen molar-refractivity contribution in [1.29, 1.82) is 0 Å². The molecule has 2 heterocycles. The van der Waals surface area contributed by atoms with Gasteiger partial charge in [0.15, 0.2) is 0 Å². The quantitative estimate of drug-likeness (QED) is 0.825. The third-order valence-electron chi connectivity index (χ3n) is 4.29. The first-order chi connectivity index (χ1) is 11.3. The first kappa shape index (κ1) is 18.0. The Morgan fingerprint density at radius 2 is 1.83 bits per heavy atom. The van der Waals surface area contributed by atoms with Gasteiger partial charge in [0.25, 0.3) is 0 Å². The summed E-state index contributed by atoms with van der Waals surface area (Å²) in [6, 6.07) is 1.84. The standard InChI is InChI=1S/C17H24N2O2S3/c1-17(2,3)14-11-23-16(18-14)12-9-15(22-10-12)24(20,21)19-13-7-5-4-6-8-13/h9-11,13,19H,4-8H2,1-3H3. The molecule has 2 aromatic heterocycles. The first-order valence-corrected chi connectivity index (χ1v) is 11.6. The summed E-state index contributed by atoms with van der Waals surface area (Å²) in [5.74, 6) is 0. The van der Waals surface area contributed by atoms with Gasteiger partial charge in [0, 0.05) is 27.8 Å². The fourth-order valence-corrected chi connectivity index (χ4v) is 6.41. The lowest BCUT2D eigenvalue weighted by atomic mass is 9.93. The molecule has 1 aliphatic carbocycles. The number of hydrogen-bond acceptors (Lipinski definition) is 5. The molecule has 4 nitrogen and oxygen atoms in total. The summed E-state index contributed by atoms with van der Waals surface area (Å²) >= 11 is 2.84. The van der Waals surface area contributed by atoms with Crippen LogP contribution in [0.3, 0.4) is 0 Å². The Balaban J connectivity index is 1.78. The molecule has 1 fully saturated rings. The molecule has 0 radical (unpaired) electrons. The van der Waals surface area contributed by atoms with Crippen molar-refractivity contribution in [1.82, 2.24) is 9.71 Å². The zero-order valence-electron chi connectivity index (χ0n) is 14.3. The van der Waals surface area contributed by atoms with Crippen LogP contribution in [0.1, 0.15) is 58.6 Å². The Bertz CT molecular complexity index is 794. The summed E-state index contributed by atoms with van der Waals surface area (Å²) in [6.07, 6.45) is 5.31. The maximum absolute atomic E-state index is 12.6. The van der Waals surface area contributed by atoms with Crippen LogP contribution in [0.2, 0.25) is 0 Å². The van der Waals surface area contributed by atoms with E-state index < -0.39 is 10.0 Å². The van der Waals surface area contributed by atoms with Crippen LogP contribution in [0.25, 0.3) is 10.6 Å². The minimum absolute atomic E-state index is 0.00220. The third-order valence-corrected chi connectivity index (χ3v) is 8.14. The molecule has 0 atom stereocenters. The molecular formula is C17H24N2O2S3. The van der Waals surface area contributed by atoms with Gasteiger partial charge in [-0.2, -0.15) is 0 Å². The minimum Gasteiger partial charge on any atom is -0.241 e. The highest BCUT2D eigenvalue weighted by molar-refractivity contribution is 7.91. The summed E-state index contributed by atoms with van der Waals surface area (Å²) in [5, 5.41) is 4.83. The lowest BCUT2D eigenvalue weighted by Gasteiger charge is -2.22. The van der Waals surface area contributed by atoms with Crippen molar-refractivity contribution in [3.05, 3.63) is 22.5 Å². The van der Waals surface area contributed by atoms with E-state index in [-0.39, 0.29) is 11.5 Å². The number of aromatic nitrogens is 1. The highest BCUT2D eigenvalue weighted by Gasteiger charge is 2.24. The van der Waals surface area contributed by atoms with Crippen molar-refractivity contribution in [2.45, 2.75) is 68.5 Å². The Hall–Kier alpha value is -0.760. The van der Waals surface area contributed by atoms with Gasteiger partial charge in [0.2, 0.25) is 10.0 Å². The number of thiazole rings is 1. The Labute approximate surface area is 152 Å². The van der Waals surface area contributed by atoms with Crippen molar-refractivity contribution in [2.75, 3.05) is 0 Å². The van der Waals surface area contributed by atoms with Gasteiger partial charge in [0.05, 0.1) is 5.69 Å². The minimum atomic E-state index is -3.42. The summed E-state index contributed by atoms with van der Waals surface area (Å²) < 4.78 is 28.4. The van der Waals surface area contributed by atoms with Gasteiger partial charge in [-0.3, -0.25) is 0 Å². The molecule has 0 saturated heterocycles. The molecule has 0 amide bonds. The average Bonchev–Trinajstić information content (AvgIpc) is 3.17. The fraction of sp³-hybridized carbons (Fsp3) is 0.588. The zero-order chi connectivity index (χ0) is 17.4. The molecule has 1 saturated carbocycles. The van der Waals surface area contributed by atoms with E-state index in [1.807, 2.05) is 5.38 Å². The lowest BCUT2D eigenvalue weighted by Crippen LogP contribution is -2.35. The zero-order valence-corrected chi connectivity index (χ0v) is 16.8. The lowest BCUT2D eigenvalue weighted by molar-refractivity contribution is 0.412. The van der Waals surface area contributed by atoms with Crippen LogP contribution >= 0.6 is 22.7 Å². The van der Waals surface area contributed by atoms with Gasteiger partial charge in [-0.15, -0.1) is 22.7 Å². The Morgan fingerprint density at radius 3 is 2.46 bits per heavy atom. The second kappa shape index (κ2) is 6.86. The normalized spacial score (nSPS) is 17.3. The van der Waals surface area contributed by atoms with Crippen LogP contribution in [-0.2, 0) is 15.4 Å². The molecule has 2 aromatic rings. The molecule has 24 heavy (non-hydrogen) atoms. The summed E-state index contributed by atoms with van der Waals surface area (Å²) in [7, 11) is -3.42. The number of nitrogens with zero attached hydrogens (tertiary/aromatic N) is 1. The van der Waals surface area contributed by atoms with Crippen molar-refractivity contribution < 1.29 is 8.42 Å². The van der Waals surface area contributed by atoms with E-state index in [1.54, 1.807) is 17.4 Å². The van der Waals surface area contributed by atoms with E-state index in [2.05, 4.69) is 35.9 Å². The summed E-state index contributed by atoms with van der Waals surface area (Å²) in [6.45, 7) is 6.39. The van der Waals surface area contributed by atoms with Gasteiger partial charge in [-0.05, 0) is 18.9 Å². The molecular weight excluding hydrogens is 360 g/mol. The molecule has 132 valence electrons. The molecule has 0 bridgehead atoms. The SMILES string of the molecule is CC(C)(C)c1csc(-c2csc(S(=O)(=O)NC3CCCCC3)c2)n1. The highest BCUT2D eigenvalue weighted by atomic mass is 32.2. The topological polar surface area (TPSA) is 59.1 Å². The smallest absolute Gasteiger partial charge is 0.241 e. The molecule has 3 rings (SSSR count). The van der Waals surface area contributed by atoms with Gasteiger partial charge in [-0.1, -0.05) is 40.0 Å². The van der Waals surface area contributed by atoms with Crippen molar-refractivity contribution in [2.24, 2.45) is 0 Å². The molecule has 0 unspecified atom stereocenters. The van der Waals surface area contributed by atoms with Crippen molar-refractivity contribution in [3.63, 3.8) is 0 Å². The molecule has 0 aromatic carbocycles. The summed E-state index contributed by atoms with van der Waals surface area (Å²) in [4.78, 5) is 4.67. The third kappa shape index (κ3) is 4.07. The van der Waals surface area contributed by atoms with E-state index >= 15 is 0 Å². The van der Waals surface area contributed by atoms with E-state index in [1.165, 1.54) is 17.8 Å². The maximum atomic E-state index is 12.6. The number of nitrogens with one attached hydrogen (secondary N) is 1. The van der Waals surface area contributed by atoms with E-state index in [0.29, 0.717) is 4.21 Å². The molecule has 1 N–H and O–H groups in total. The van der Waals surface area contributed by atoms with Crippen LogP contribution in [0.15, 0.2) is 21.0 Å². The predicted molar refractivity (Wildman–Crippen MR) is 101 cm³/mol. The van der Waals surface area contributed by atoms with Gasteiger partial charge < -0.3 is 0 Å². The number of rotatable bonds is 4. The molecule has 0 aliphatic heterocycles. The Morgan fingerprint density at radius 1 is 1.12 bits per heavy atom.